The molecule has 1 amide bonds. The number of furan rings is 1. The molecule has 1 aromatic carbocycles. The molecule has 5 heteroatoms. The molecule has 2 atom stereocenters. The van der Waals surface area contributed by atoms with Gasteiger partial charge in [0.1, 0.15) is 11.5 Å². The molecule has 0 bridgehead atoms. The number of hydrogen-bond donors (Lipinski definition) is 2. The number of amides is 1. The Morgan fingerprint density at radius 1 is 1.35 bits per heavy atom. The fourth-order valence-corrected chi connectivity index (χ4v) is 2.17. The summed E-state index contributed by atoms with van der Waals surface area (Å²) in [4.78, 5) is 12.2. The summed E-state index contributed by atoms with van der Waals surface area (Å²) in [5, 5.41) is 6.08. The molecule has 1 aliphatic heterocycles. The molecule has 0 spiro atoms. The Kier molecular flexibility index (Phi) is 3.33. The second-order valence-corrected chi connectivity index (χ2v) is 4.73. The predicted molar refractivity (Wildman–Crippen MR) is 74.6 cm³/mol. The average molecular weight is 272 g/mol. The molecular formula is C15H16N2O3. The van der Waals surface area contributed by atoms with E-state index >= 15 is 0 Å². The summed E-state index contributed by atoms with van der Waals surface area (Å²) in [5.74, 6) is 1.27. The Morgan fingerprint density at radius 2 is 2.20 bits per heavy atom. The summed E-state index contributed by atoms with van der Waals surface area (Å²) in [6.45, 7) is 2.33. The standard InChI is InChI=1S/C15H16N2O3/c1-10(12-7-4-8-19-12)17-15(18)14-9-16-11-5-2-3-6-13(11)20-14/h2-8,10,14,16H,9H2,1H3,(H,17,18). The zero-order valence-electron chi connectivity index (χ0n) is 11.1. The predicted octanol–water partition coefficient (Wildman–Crippen LogP) is 2.33. The Hall–Kier alpha value is -2.43. The van der Waals surface area contributed by atoms with Crippen LogP contribution in [0.3, 0.4) is 0 Å². The first-order valence-corrected chi connectivity index (χ1v) is 6.57. The van der Waals surface area contributed by atoms with Crippen molar-refractivity contribution in [3.05, 3.63) is 48.4 Å². The van der Waals surface area contributed by atoms with Crippen molar-refractivity contribution in [2.75, 3.05) is 11.9 Å². The van der Waals surface area contributed by atoms with Crippen molar-refractivity contribution in [2.24, 2.45) is 0 Å². The highest BCUT2D eigenvalue weighted by Gasteiger charge is 2.27. The van der Waals surface area contributed by atoms with Crippen molar-refractivity contribution in [3.63, 3.8) is 0 Å². The van der Waals surface area contributed by atoms with E-state index in [1.54, 1.807) is 12.3 Å². The molecule has 104 valence electrons. The van der Waals surface area contributed by atoms with Crippen molar-refractivity contribution in [3.8, 4) is 5.75 Å². The largest absolute Gasteiger partial charge is 0.477 e. The average Bonchev–Trinajstić information content (AvgIpc) is 3.01. The first-order chi connectivity index (χ1) is 9.74. The maximum absolute atomic E-state index is 12.2. The number of hydrogen-bond acceptors (Lipinski definition) is 4. The molecule has 0 saturated heterocycles. The quantitative estimate of drug-likeness (QED) is 0.900. The van der Waals surface area contributed by atoms with Crippen molar-refractivity contribution in [1.29, 1.82) is 0 Å². The lowest BCUT2D eigenvalue weighted by atomic mass is 10.2. The van der Waals surface area contributed by atoms with E-state index in [2.05, 4.69) is 10.6 Å². The van der Waals surface area contributed by atoms with Gasteiger partial charge in [0.05, 0.1) is 24.5 Å². The van der Waals surface area contributed by atoms with Crippen LogP contribution in [0.4, 0.5) is 5.69 Å². The van der Waals surface area contributed by atoms with E-state index in [0.717, 1.165) is 11.4 Å². The van der Waals surface area contributed by atoms with Gasteiger partial charge in [-0.3, -0.25) is 4.79 Å². The van der Waals surface area contributed by atoms with E-state index in [4.69, 9.17) is 9.15 Å². The van der Waals surface area contributed by atoms with Gasteiger partial charge < -0.3 is 19.8 Å². The van der Waals surface area contributed by atoms with Crippen molar-refractivity contribution < 1.29 is 13.9 Å². The van der Waals surface area contributed by atoms with Gasteiger partial charge in [-0.15, -0.1) is 0 Å². The monoisotopic (exact) mass is 272 g/mol. The molecule has 1 aliphatic rings. The summed E-state index contributed by atoms with van der Waals surface area (Å²) in [6.07, 6.45) is 1.05. The SMILES string of the molecule is CC(NC(=O)C1CNc2ccccc2O1)c1ccco1. The van der Waals surface area contributed by atoms with E-state index in [0.29, 0.717) is 12.3 Å². The molecule has 2 unspecified atom stereocenters. The molecule has 0 aliphatic carbocycles. The molecule has 2 heterocycles. The van der Waals surface area contributed by atoms with Crippen LogP contribution in [-0.2, 0) is 4.79 Å². The Morgan fingerprint density at radius 3 is 3.00 bits per heavy atom. The van der Waals surface area contributed by atoms with Crippen LogP contribution in [0.25, 0.3) is 0 Å². The van der Waals surface area contributed by atoms with E-state index < -0.39 is 6.10 Å². The first kappa shape index (κ1) is 12.6. The molecule has 5 nitrogen and oxygen atoms in total. The molecule has 0 saturated carbocycles. The third-order valence-corrected chi connectivity index (χ3v) is 3.26. The van der Waals surface area contributed by atoms with E-state index in [1.807, 2.05) is 37.3 Å². The topological polar surface area (TPSA) is 63.5 Å². The Labute approximate surface area is 116 Å². The van der Waals surface area contributed by atoms with Crippen LogP contribution in [0.2, 0.25) is 0 Å². The van der Waals surface area contributed by atoms with E-state index in [1.165, 1.54) is 0 Å². The molecule has 0 radical (unpaired) electrons. The highest BCUT2D eigenvalue weighted by atomic mass is 16.5. The number of para-hydroxylation sites is 2. The summed E-state index contributed by atoms with van der Waals surface area (Å²) in [6, 6.07) is 11.0. The van der Waals surface area contributed by atoms with E-state index in [-0.39, 0.29) is 11.9 Å². The maximum Gasteiger partial charge on any atom is 0.263 e. The van der Waals surface area contributed by atoms with Crippen molar-refractivity contribution in [2.45, 2.75) is 19.1 Å². The number of nitrogens with one attached hydrogen (secondary N) is 2. The number of fused-ring (bicyclic) bond motifs is 1. The van der Waals surface area contributed by atoms with Gasteiger partial charge in [-0.05, 0) is 31.2 Å². The second kappa shape index (κ2) is 5.28. The van der Waals surface area contributed by atoms with Crippen LogP contribution in [0, 0.1) is 0 Å². The van der Waals surface area contributed by atoms with Crippen LogP contribution in [0.5, 0.6) is 5.75 Å². The number of ether oxygens (including phenoxy) is 1. The van der Waals surface area contributed by atoms with Gasteiger partial charge in [-0.2, -0.15) is 0 Å². The van der Waals surface area contributed by atoms with Crippen LogP contribution in [0.15, 0.2) is 47.1 Å². The zero-order valence-corrected chi connectivity index (χ0v) is 11.1. The van der Waals surface area contributed by atoms with Crippen LogP contribution in [0.1, 0.15) is 18.7 Å². The smallest absolute Gasteiger partial charge is 0.263 e. The third-order valence-electron chi connectivity index (χ3n) is 3.26. The molecule has 2 N–H and O–H groups in total. The molecule has 1 aromatic heterocycles. The normalized spacial score (nSPS) is 18.4. The maximum atomic E-state index is 12.2. The van der Waals surface area contributed by atoms with Gasteiger partial charge in [0.15, 0.2) is 6.10 Å². The summed E-state index contributed by atoms with van der Waals surface area (Å²) >= 11 is 0. The van der Waals surface area contributed by atoms with E-state index in [9.17, 15) is 4.79 Å². The molecular weight excluding hydrogens is 256 g/mol. The van der Waals surface area contributed by atoms with Crippen LogP contribution >= 0.6 is 0 Å². The fourth-order valence-electron chi connectivity index (χ4n) is 2.17. The number of benzene rings is 1. The molecule has 20 heavy (non-hydrogen) atoms. The minimum Gasteiger partial charge on any atom is -0.477 e. The molecule has 2 aromatic rings. The Bertz CT molecular complexity index is 595. The van der Waals surface area contributed by atoms with Gasteiger partial charge in [0.25, 0.3) is 5.91 Å². The highest BCUT2D eigenvalue weighted by Crippen LogP contribution is 2.28. The van der Waals surface area contributed by atoms with Crippen LogP contribution < -0.4 is 15.4 Å². The summed E-state index contributed by atoms with van der Waals surface area (Å²) in [7, 11) is 0. The van der Waals surface area contributed by atoms with Gasteiger partial charge in [0, 0.05) is 0 Å². The van der Waals surface area contributed by atoms with Gasteiger partial charge in [0.2, 0.25) is 0 Å². The Balaban J connectivity index is 1.64. The lowest BCUT2D eigenvalue weighted by Crippen LogP contribution is -2.45. The summed E-state index contributed by atoms with van der Waals surface area (Å²) < 4.78 is 11.0. The van der Waals surface area contributed by atoms with Gasteiger partial charge in [-0.25, -0.2) is 0 Å². The third kappa shape index (κ3) is 2.47. The minimum absolute atomic E-state index is 0.157. The summed E-state index contributed by atoms with van der Waals surface area (Å²) in [5.41, 5.74) is 0.913. The number of carbonyl (C=O) groups is 1. The van der Waals surface area contributed by atoms with Crippen molar-refractivity contribution >= 4 is 11.6 Å². The van der Waals surface area contributed by atoms with Crippen molar-refractivity contribution in [1.82, 2.24) is 5.32 Å². The lowest BCUT2D eigenvalue weighted by molar-refractivity contribution is -0.128. The zero-order chi connectivity index (χ0) is 13.9. The first-order valence-electron chi connectivity index (χ1n) is 6.57. The van der Waals surface area contributed by atoms with Crippen LogP contribution in [-0.4, -0.2) is 18.6 Å². The minimum atomic E-state index is -0.540. The lowest BCUT2D eigenvalue weighted by Gasteiger charge is -2.27. The molecule has 3 rings (SSSR count). The highest BCUT2D eigenvalue weighted by molar-refractivity contribution is 5.83. The number of rotatable bonds is 3. The number of carbonyl (C=O) groups excluding carboxylic acids is 1. The second-order valence-electron chi connectivity index (χ2n) is 4.73. The number of anilines is 1. The molecule has 0 fully saturated rings. The fraction of sp³-hybridized carbons (Fsp3) is 0.267. The van der Waals surface area contributed by atoms with Gasteiger partial charge >= 0.3 is 0 Å². The van der Waals surface area contributed by atoms with Gasteiger partial charge in [-0.1, -0.05) is 12.1 Å².